The van der Waals surface area contributed by atoms with E-state index in [0.29, 0.717) is 42.2 Å². The molecule has 1 fully saturated rings. The zero-order chi connectivity index (χ0) is 26.5. The second-order valence-electron chi connectivity index (χ2n) is 9.21. The van der Waals surface area contributed by atoms with Crippen LogP contribution >= 0.6 is 27.5 Å². The molecule has 4 aromatic rings. The summed E-state index contributed by atoms with van der Waals surface area (Å²) in [5.74, 6) is 0.409. The van der Waals surface area contributed by atoms with Crippen molar-refractivity contribution in [2.75, 3.05) is 51.3 Å². The Morgan fingerprint density at radius 3 is 2.55 bits per heavy atom. The molecule has 0 bridgehead atoms. The van der Waals surface area contributed by atoms with Crippen molar-refractivity contribution in [3.8, 4) is 0 Å². The summed E-state index contributed by atoms with van der Waals surface area (Å²) < 4.78 is 8.48. The van der Waals surface area contributed by atoms with Crippen molar-refractivity contribution in [3.05, 3.63) is 77.2 Å². The van der Waals surface area contributed by atoms with Crippen molar-refractivity contribution in [3.63, 3.8) is 0 Å². The molecule has 5 rings (SSSR count). The predicted molar refractivity (Wildman–Crippen MR) is 152 cm³/mol. The number of piperazine rings is 1. The number of para-hydroxylation sites is 1. The second kappa shape index (κ2) is 12.2. The van der Waals surface area contributed by atoms with Gasteiger partial charge in [-0.15, -0.1) is 11.6 Å². The minimum absolute atomic E-state index is 0.292. The van der Waals surface area contributed by atoms with E-state index in [0.717, 1.165) is 36.2 Å². The van der Waals surface area contributed by atoms with Crippen LogP contribution in [0.15, 0.2) is 71.6 Å². The number of likely N-dealkylation sites (N-methyl/N-ethyl adjacent to an activating group) is 1. The lowest BCUT2D eigenvalue weighted by Gasteiger charge is -2.32. The molecule has 11 heteroatoms. The summed E-state index contributed by atoms with van der Waals surface area (Å²) in [6, 6.07) is 17.2. The quantitative estimate of drug-likeness (QED) is 0.261. The number of alkyl halides is 1. The van der Waals surface area contributed by atoms with Crippen molar-refractivity contribution in [2.45, 2.75) is 11.9 Å². The average Bonchev–Trinajstić information content (AvgIpc) is 3.34. The first-order chi connectivity index (χ1) is 18.5. The molecule has 0 aliphatic carbocycles. The largest absolute Gasteiger partial charge is 0.448 e. The first-order valence-electron chi connectivity index (χ1n) is 12.5. The molecule has 0 radical (unpaired) electrons. The van der Waals surface area contributed by atoms with Crippen LogP contribution < -0.4 is 4.90 Å². The van der Waals surface area contributed by atoms with Crippen molar-refractivity contribution in [1.29, 1.82) is 0 Å². The van der Waals surface area contributed by atoms with Crippen LogP contribution in [0, 0.1) is 0 Å². The number of benzene rings is 2. The van der Waals surface area contributed by atoms with Gasteiger partial charge in [0.2, 0.25) is 0 Å². The minimum atomic E-state index is -0.497. The number of hydrogen-bond donors (Lipinski definition) is 0. The van der Waals surface area contributed by atoms with Crippen LogP contribution in [0.1, 0.15) is 10.9 Å². The Labute approximate surface area is 235 Å². The summed E-state index contributed by atoms with van der Waals surface area (Å²) in [5, 5.41) is 4.86. The molecule has 1 aliphatic rings. The maximum Gasteiger partial charge on any atom is 0.420 e. The van der Waals surface area contributed by atoms with Gasteiger partial charge in [0.1, 0.15) is 12.9 Å². The molecule has 1 amide bonds. The van der Waals surface area contributed by atoms with Gasteiger partial charge < -0.3 is 9.64 Å². The van der Waals surface area contributed by atoms with E-state index in [1.807, 2.05) is 54.6 Å². The van der Waals surface area contributed by atoms with E-state index >= 15 is 0 Å². The van der Waals surface area contributed by atoms with E-state index in [2.05, 4.69) is 47.8 Å². The minimum Gasteiger partial charge on any atom is -0.448 e. The van der Waals surface area contributed by atoms with Gasteiger partial charge >= 0.3 is 6.09 Å². The average molecular weight is 599 g/mol. The number of rotatable bonds is 8. The third kappa shape index (κ3) is 6.15. The summed E-state index contributed by atoms with van der Waals surface area (Å²) in [6.45, 7) is 5.33. The van der Waals surface area contributed by atoms with Gasteiger partial charge in [-0.25, -0.2) is 24.3 Å². The van der Waals surface area contributed by atoms with Crippen molar-refractivity contribution >= 4 is 56.2 Å². The molecule has 198 valence electrons. The molecule has 0 saturated carbocycles. The van der Waals surface area contributed by atoms with Crippen LogP contribution in [0.25, 0.3) is 11.0 Å². The Morgan fingerprint density at radius 2 is 1.82 bits per heavy atom. The van der Waals surface area contributed by atoms with E-state index in [1.54, 1.807) is 10.9 Å². The molecular formula is C27H29BrClN7O2. The Morgan fingerprint density at radius 1 is 1.08 bits per heavy atom. The van der Waals surface area contributed by atoms with Gasteiger partial charge in [0, 0.05) is 37.2 Å². The zero-order valence-corrected chi connectivity index (χ0v) is 23.4. The van der Waals surface area contributed by atoms with Crippen molar-refractivity contribution in [1.82, 2.24) is 29.5 Å². The van der Waals surface area contributed by atoms with E-state index in [1.165, 1.54) is 11.2 Å². The third-order valence-electron chi connectivity index (χ3n) is 6.62. The molecule has 9 nitrogen and oxygen atoms in total. The summed E-state index contributed by atoms with van der Waals surface area (Å²) >= 11 is 10.2. The zero-order valence-electron chi connectivity index (χ0n) is 21.1. The fraction of sp³-hybridized carbons (Fsp3) is 0.333. The Balaban J connectivity index is 1.37. The standard InChI is InChI=1S/C27H29BrClN7O2/c1-33-11-13-34(14-12-33)15-16-38-27(37)36(22-5-3-2-4-6-22)26-23-17-32-35(25(23)30-19-31-26)18-24(29)20-7-9-21(28)10-8-20/h2-10,17,19,24H,11-16,18H2,1H3. The highest BCUT2D eigenvalue weighted by Crippen LogP contribution is 2.31. The molecule has 3 heterocycles. The number of halogens is 2. The fourth-order valence-corrected chi connectivity index (χ4v) is 4.95. The highest BCUT2D eigenvalue weighted by atomic mass is 79.9. The van der Waals surface area contributed by atoms with Gasteiger partial charge in [0.25, 0.3) is 0 Å². The summed E-state index contributed by atoms with van der Waals surface area (Å²) in [6.07, 6.45) is 2.61. The van der Waals surface area contributed by atoms with E-state index in [9.17, 15) is 4.79 Å². The molecule has 2 aromatic heterocycles. The van der Waals surface area contributed by atoms with Crippen molar-refractivity contribution in [2.24, 2.45) is 0 Å². The van der Waals surface area contributed by atoms with Gasteiger partial charge in [-0.1, -0.05) is 46.3 Å². The monoisotopic (exact) mass is 597 g/mol. The SMILES string of the molecule is CN1CCN(CCOC(=O)N(c2ccccc2)c2ncnc3c2cnn3CC(Cl)c2ccc(Br)cc2)CC1. The number of anilines is 2. The van der Waals surface area contributed by atoms with Gasteiger partial charge in [-0.3, -0.25) is 4.90 Å². The summed E-state index contributed by atoms with van der Waals surface area (Å²) in [5.41, 5.74) is 2.21. The number of fused-ring (bicyclic) bond motifs is 1. The predicted octanol–water partition coefficient (Wildman–Crippen LogP) is 5.09. The number of nitrogens with zero attached hydrogens (tertiary/aromatic N) is 7. The number of carbonyl (C=O) groups is 1. The van der Waals surface area contributed by atoms with Crippen LogP contribution in [0.5, 0.6) is 0 Å². The van der Waals surface area contributed by atoms with Gasteiger partial charge in [-0.05, 0) is 36.9 Å². The van der Waals surface area contributed by atoms with E-state index < -0.39 is 6.09 Å². The van der Waals surface area contributed by atoms with E-state index in [-0.39, 0.29) is 5.38 Å². The van der Waals surface area contributed by atoms with E-state index in [4.69, 9.17) is 16.3 Å². The molecule has 1 atom stereocenters. The van der Waals surface area contributed by atoms with Crippen LogP contribution in [0.2, 0.25) is 0 Å². The summed E-state index contributed by atoms with van der Waals surface area (Å²) in [7, 11) is 2.12. The Kier molecular flexibility index (Phi) is 8.53. The molecule has 1 aliphatic heterocycles. The molecule has 0 N–H and O–H groups in total. The van der Waals surface area contributed by atoms with Crippen LogP contribution in [-0.2, 0) is 11.3 Å². The lowest BCUT2D eigenvalue weighted by atomic mass is 10.1. The molecule has 1 saturated heterocycles. The lowest BCUT2D eigenvalue weighted by molar-refractivity contribution is 0.108. The molecular weight excluding hydrogens is 570 g/mol. The number of carbonyl (C=O) groups excluding carboxylic acids is 1. The van der Waals surface area contributed by atoms with Crippen molar-refractivity contribution < 1.29 is 9.53 Å². The van der Waals surface area contributed by atoms with Gasteiger partial charge in [0.15, 0.2) is 11.5 Å². The maximum absolute atomic E-state index is 13.4. The normalized spacial score (nSPS) is 15.4. The highest BCUT2D eigenvalue weighted by molar-refractivity contribution is 9.10. The maximum atomic E-state index is 13.4. The number of ether oxygens (including phenoxy) is 1. The Hall–Kier alpha value is -3.05. The summed E-state index contributed by atoms with van der Waals surface area (Å²) in [4.78, 5) is 28.5. The first-order valence-corrected chi connectivity index (χ1v) is 13.7. The van der Waals surface area contributed by atoms with Gasteiger partial charge in [-0.2, -0.15) is 5.10 Å². The highest BCUT2D eigenvalue weighted by Gasteiger charge is 2.25. The second-order valence-corrected chi connectivity index (χ2v) is 10.7. The smallest absolute Gasteiger partial charge is 0.420 e. The van der Waals surface area contributed by atoms with Crippen LogP contribution in [-0.4, -0.2) is 82.0 Å². The molecule has 1 unspecified atom stereocenters. The first kappa shape index (κ1) is 26.6. The van der Waals surface area contributed by atoms with Gasteiger partial charge in [0.05, 0.1) is 29.2 Å². The topological polar surface area (TPSA) is 79.6 Å². The van der Waals surface area contributed by atoms with Crippen LogP contribution in [0.4, 0.5) is 16.3 Å². The fourth-order valence-electron chi connectivity index (χ4n) is 4.41. The molecule has 38 heavy (non-hydrogen) atoms. The number of aromatic nitrogens is 4. The third-order valence-corrected chi connectivity index (χ3v) is 7.53. The lowest BCUT2D eigenvalue weighted by Crippen LogP contribution is -2.45. The number of amides is 1. The molecule has 2 aromatic carbocycles. The van der Waals surface area contributed by atoms with Crippen LogP contribution in [0.3, 0.4) is 0 Å². The molecule has 0 spiro atoms. The Bertz CT molecular complexity index is 1360. The number of hydrogen-bond acceptors (Lipinski definition) is 7.